The maximum absolute atomic E-state index is 12.0. The molecule has 0 radical (unpaired) electrons. The lowest BCUT2D eigenvalue weighted by Crippen LogP contribution is -2.33. The first kappa shape index (κ1) is 14.4. The number of hydrogen-bond acceptors (Lipinski definition) is 4. The molecule has 0 saturated heterocycles. The van der Waals surface area contributed by atoms with Gasteiger partial charge in [-0.25, -0.2) is 9.97 Å². The van der Waals surface area contributed by atoms with E-state index in [1.54, 1.807) is 13.8 Å². The number of hydrogen-bond donors (Lipinski definition) is 2. The van der Waals surface area contributed by atoms with E-state index in [0.717, 1.165) is 12.8 Å². The van der Waals surface area contributed by atoms with Gasteiger partial charge in [0.2, 0.25) is 0 Å². The van der Waals surface area contributed by atoms with Gasteiger partial charge >= 0.3 is 5.97 Å². The van der Waals surface area contributed by atoms with Gasteiger partial charge in [-0.05, 0) is 26.2 Å². The lowest BCUT2D eigenvalue weighted by molar-refractivity contribution is -0.141. The van der Waals surface area contributed by atoms with Gasteiger partial charge in [-0.3, -0.25) is 9.59 Å². The van der Waals surface area contributed by atoms with Gasteiger partial charge in [0, 0.05) is 12.7 Å². The summed E-state index contributed by atoms with van der Waals surface area (Å²) in [7, 11) is 0. The zero-order valence-electron chi connectivity index (χ0n) is 11.7. The van der Waals surface area contributed by atoms with Crippen LogP contribution in [0, 0.1) is 25.7 Å². The number of carbonyl (C=O) groups excluding carboxylic acids is 1. The van der Waals surface area contributed by atoms with Crippen molar-refractivity contribution < 1.29 is 14.7 Å². The Hall–Kier alpha value is -1.98. The molecule has 1 amide bonds. The van der Waals surface area contributed by atoms with E-state index in [1.807, 2.05) is 0 Å². The highest BCUT2D eigenvalue weighted by Crippen LogP contribution is 2.35. The van der Waals surface area contributed by atoms with E-state index in [4.69, 9.17) is 5.11 Å². The van der Waals surface area contributed by atoms with E-state index in [1.165, 1.54) is 6.20 Å². The SMILES string of the molecule is Cc1ncc(C(=O)NCC(CC2CC2)C(=O)O)c(C)n1. The van der Waals surface area contributed by atoms with E-state index in [0.29, 0.717) is 29.4 Å². The van der Waals surface area contributed by atoms with E-state index in [2.05, 4.69) is 15.3 Å². The van der Waals surface area contributed by atoms with Crippen LogP contribution in [0.3, 0.4) is 0 Å². The average molecular weight is 277 g/mol. The fraction of sp³-hybridized carbons (Fsp3) is 0.571. The molecule has 108 valence electrons. The standard InChI is InChI=1S/C14H19N3O3/c1-8-12(7-15-9(2)17-8)13(18)16-6-11(14(19)20)5-10-3-4-10/h7,10-11H,3-6H2,1-2H3,(H,16,18)(H,19,20). The van der Waals surface area contributed by atoms with Gasteiger partial charge in [-0.15, -0.1) is 0 Å². The second kappa shape index (κ2) is 5.98. The number of carboxylic acids is 1. The number of aromatic nitrogens is 2. The molecule has 1 aromatic heterocycles. The molecule has 20 heavy (non-hydrogen) atoms. The lowest BCUT2D eigenvalue weighted by Gasteiger charge is -2.13. The Morgan fingerprint density at radius 3 is 2.70 bits per heavy atom. The molecule has 0 aromatic carbocycles. The normalized spacial score (nSPS) is 15.7. The van der Waals surface area contributed by atoms with Crippen LogP contribution < -0.4 is 5.32 Å². The second-order valence-corrected chi connectivity index (χ2v) is 5.34. The van der Waals surface area contributed by atoms with Crippen molar-refractivity contribution >= 4 is 11.9 Å². The van der Waals surface area contributed by atoms with Crippen LogP contribution in [0.2, 0.25) is 0 Å². The molecule has 1 aliphatic rings. The van der Waals surface area contributed by atoms with Crippen molar-refractivity contribution in [3.63, 3.8) is 0 Å². The zero-order valence-corrected chi connectivity index (χ0v) is 11.7. The van der Waals surface area contributed by atoms with E-state index in [-0.39, 0.29) is 12.5 Å². The minimum atomic E-state index is -0.853. The third-order valence-corrected chi connectivity index (χ3v) is 3.52. The predicted octanol–water partition coefficient (Wildman–Crippen LogP) is 1.32. The van der Waals surface area contributed by atoms with Crippen LogP contribution in [0.25, 0.3) is 0 Å². The van der Waals surface area contributed by atoms with Crippen LogP contribution in [0.15, 0.2) is 6.20 Å². The Bertz CT molecular complexity index is 526. The van der Waals surface area contributed by atoms with Crippen LogP contribution in [-0.4, -0.2) is 33.5 Å². The third kappa shape index (κ3) is 3.76. The molecule has 0 spiro atoms. The Labute approximate surface area is 117 Å². The summed E-state index contributed by atoms with van der Waals surface area (Å²) in [5, 5.41) is 11.8. The highest BCUT2D eigenvalue weighted by Gasteiger charge is 2.29. The maximum atomic E-state index is 12.0. The quantitative estimate of drug-likeness (QED) is 0.818. The van der Waals surface area contributed by atoms with Gasteiger partial charge in [0.15, 0.2) is 0 Å². The fourth-order valence-corrected chi connectivity index (χ4v) is 2.14. The Balaban J connectivity index is 1.94. The molecule has 2 rings (SSSR count). The van der Waals surface area contributed by atoms with Crippen molar-refractivity contribution in [2.45, 2.75) is 33.1 Å². The van der Waals surface area contributed by atoms with E-state index < -0.39 is 11.9 Å². The summed E-state index contributed by atoms with van der Waals surface area (Å²) < 4.78 is 0. The summed E-state index contributed by atoms with van der Waals surface area (Å²) in [5.74, 6) is -0.564. The molecular formula is C14H19N3O3. The largest absolute Gasteiger partial charge is 0.481 e. The van der Waals surface area contributed by atoms with Crippen molar-refractivity contribution in [1.82, 2.24) is 15.3 Å². The van der Waals surface area contributed by atoms with Crippen LogP contribution >= 0.6 is 0 Å². The van der Waals surface area contributed by atoms with Gasteiger partial charge in [-0.2, -0.15) is 0 Å². The summed E-state index contributed by atoms with van der Waals surface area (Å²) in [6.45, 7) is 3.64. The number of rotatable bonds is 6. The number of amides is 1. The van der Waals surface area contributed by atoms with Crippen LogP contribution in [0.1, 0.15) is 41.1 Å². The molecular weight excluding hydrogens is 258 g/mol. The highest BCUT2D eigenvalue weighted by atomic mass is 16.4. The second-order valence-electron chi connectivity index (χ2n) is 5.34. The molecule has 1 aromatic rings. The molecule has 0 bridgehead atoms. The van der Waals surface area contributed by atoms with Gasteiger partial charge in [0.1, 0.15) is 5.82 Å². The molecule has 1 aliphatic carbocycles. The van der Waals surface area contributed by atoms with Gasteiger partial charge in [-0.1, -0.05) is 12.8 Å². The summed E-state index contributed by atoms with van der Waals surface area (Å²) in [5.41, 5.74) is 0.996. The number of nitrogens with one attached hydrogen (secondary N) is 1. The molecule has 1 saturated carbocycles. The number of carbonyl (C=O) groups is 2. The molecule has 1 unspecified atom stereocenters. The Kier molecular flexibility index (Phi) is 4.32. The summed E-state index contributed by atoms with van der Waals surface area (Å²) in [6.07, 6.45) is 4.31. The molecule has 6 heteroatoms. The number of aryl methyl sites for hydroxylation is 2. The van der Waals surface area contributed by atoms with Crippen molar-refractivity contribution in [2.24, 2.45) is 11.8 Å². The summed E-state index contributed by atoms with van der Waals surface area (Å²) >= 11 is 0. The number of carboxylic acid groups (broad SMARTS) is 1. The maximum Gasteiger partial charge on any atom is 0.308 e. The molecule has 0 aliphatic heterocycles. The van der Waals surface area contributed by atoms with Crippen molar-refractivity contribution in [2.75, 3.05) is 6.54 Å². The third-order valence-electron chi connectivity index (χ3n) is 3.52. The minimum absolute atomic E-state index is 0.151. The zero-order chi connectivity index (χ0) is 14.7. The predicted molar refractivity (Wildman–Crippen MR) is 72.3 cm³/mol. The first-order valence-corrected chi connectivity index (χ1v) is 6.78. The average Bonchev–Trinajstić information content (AvgIpc) is 3.17. The fourth-order valence-electron chi connectivity index (χ4n) is 2.14. The van der Waals surface area contributed by atoms with Crippen LogP contribution in [0.4, 0.5) is 0 Å². The highest BCUT2D eigenvalue weighted by molar-refractivity contribution is 5.95. The van der Waals surface area contributed by atoms with Crippen LogP contribution in [0.5, 0.6) is 0 Å². The van der Waals surface area contributed by atoms with Gasteiger partial charge in [0.25, 0.3) is 5.91 Å². The monoisotopic (exact) mass is 277 g/mol. The molecule has 2 N–H and O–H groups in total. The number of nitrogens with zero attached hydrogens (tertiary/aromatic N) is 2. The van der Waals surface area contributed by atoms with Gasteiger partial charge < -0.3 is 10.4 Å². The van der Waals surface area contributed by atoms with Gasteiger partial charge in [0.05, 0.1) is 17.2 Å². The smallest absolute Gasteiger partial charge is 0.308 e. The van der Waals surface area contributed by atoms with Crippen molar-refractivity contribution in [1.29, 1.82) is 0 Å². The lowest BCUT2D eigenvalue weighted by atomic mass is 10.0. The minimum Gasteiger partial charge on any atom is -0.481 e. The van der Waals surface area contributed by atoms with E-state index in [9.17, 15) is 9.59 Å². The summed E-state index contributed by atoms with van der Waals surface area (Å²) in [4.78, 5) is 31.3. The Morgan fingerprint density at radius 1 is 1.45 bits per heavy atom. The first-order chi connectivity index (χ1) is 9.47. The molecule has 6 nitrogen and oxygen atoms in total. The van der Waals surface area contributed by atoms with Crippen LogP contribution in [-0.2, 0) is 4.79 Å². The first-order valence-electron chi connectivity index (χ1n) is 6.78. The topological polar surface area (TPSA) is 92.2 Å². The number of aliphatic carboxylic acids is 1. The Morgan fingerprint density at radius 2 is 2.15 bits per heavy atom. The summed E-state index contributed by atoms with van der Waals surface area (Å²) in [6, 6.07) is 0. The van der Waals surface area contributed by atoms with Crippen molar-refractivity contribution in [3.05, 3.63) is 23.3 Å². The van der Waals surface area contributed by atoms with E-state index >= 15 is 0 Å². The molecule has 1 atom stereocenters. The van der Waals surface area contributed by atoms with Crippen molar-refractivity contribution in [3.8, 4) is 0 Å². The molecule has 1 heterocycles. The molecule has 1 fully saturated rings.